The van der Waals surface area contributed by atoms with E-state index in [2.05, 4.69) is 31.9 Å². The van der Waals surface area contributed by atoms with Crippen LogP contribution in [0.25, 0.3) is 0 Å². The quantitative estimate of drug-likeness (QED) is 0.364. The molecule has 36 heavy (non-hydrogen) atoms. The topological polar surface area (TPSA) is 96.0 Å². The molecule has 0 bridgehead atoms. The van der Waals surface area contributed by atoms with Crippen LogP contribution < -0.4 is 18.9 Å². The van der Waals surface area contributed by atoms with Crippen LogP contribution in [0.15, 0.2) is 45.3 Å². The molecule has 1 saturated heterocycles. The molecule has 196 valence electrons. The van der Waals surface area contributed by atoms with Crippen molar-refractivity contribution in [3.05, 3.63) is 45.3 Å². The van der Waals surface area contributed by atoms with Gasteiger partial charge in [0.25, 0.3) is 0 Å². The number of benzene rings is 2. The van der Waals surface area contributed by atoms with E-state index in [0.717, 1.165) is 8.95 Å². The van der Waals surface area contributed by atoms with E-state index < -0.39 is 24.8 Å². The summed E-state index contributed by atoms with van der Waals surface area (Å²) in [6.45, 7) is 4.40. The van der Waals surface area contributed by atoms with E-state index in [1.165, 1.54) is 24.0 Å². The van der Waals surface area contributed by atoms with Gasteiger partial charge in [0, 0.05) is 49.0 Å². The van der Waals surface area contributed by atoms with Crippen LogP contribution in [-0.4, -0.2) is 75.0 Å². The van der Waals surface area contributed by atoms with E-state index in [0.29, 0.717) is 23.0 Å². The number of ether oxygens (including phenoxy) is 6. The number of carbonyl (C=O) groups excluding carboxylic acids is 2. The maximum atomic E-state index is 12.6. The fourth-order valence-electron chi connectivity index (χ4n) is 3.39. The zero-order valence-corrected chi connectivity index (χ0v) is 23.5. The summed E-state index contributed by atoms with van der Waals surface area (Å²) in [5, 5.41) is 0. The Bertz CT molecular complexity index is 979. The Morgan fingerprint density at radius 2 is 1.06 bits per heavy atom. The molecule has 0 spiro atoms. The Labute approximate surface area is 226 Å². The van der Waals surface area contributed by atoms with Crippen LogP contribution in [0.4, 0.5) is 9.59 Å². The van der Waals surface area contributed by atoms with Gasteiger partial charge >= 0.3 is 12.2 Å². The van der Waals surface area contributed by atoms with Crippen LogP contribution in [0.3, 0.4) is 0 Å². The van der Waals surface area contributed by atoms with Crippen LogP contribution >= 0.6 is 31.9 Å². The second-order valence-electron chi connectivity index (χ2n) is 7.70. The molecule has 0 unspecified atom stereocenters. The molecule has 0 N–H and O–H groups in total. The van der Waals surface area contributed by atoms with E-state index >= 15 is 0 Å². The molecule has 2 atom stereocenters. The molecule has 3 rings (SSSR count). The predicted octanol–water partition coefficient (Wildman–Crippen LogP) is 5.27. The molecule has 10 nitrogen and oxygen atoms in total. The van der Waals surface area contributed by atoms with Crippen molar-refractivity contribution in [3.63, 3.8) is 0 Å². The molecule has 12 heteroatoms. The standard InChI is InChI=1S/C24H28Br2N2O8/c1-15(33-19-7-5-17(25)13-21(19)31-3)35-23(29)27-9-11-28(12-10-27)24(30)36-16(2)34-20-8-6-18(26)14-22(20)32-4/h5-8,13-16H,9-12H2,1-4H3/t15-,16-/m1/s1. The Balaban J connectivity index is 1.44. The highest BCUT2D eigenvalue weighted by Crippen LogP contribution is 2.32. The first kappa shape index (κ1) is 27.7. The summed E-state index contributed by atoms with van der Waals surface area (Å²) >= 11 is 6.74. The van der Waals surface area contributed by atoms with Gasteiger partial charge in [0.05, 0.1) is 14.2 Å². The number of hydrogen-bond donors (Lipinski definition) is 0. The fraction of sp³-hybridized carbons (Fsp3) is 0.417. The number of hydrogen-bond acceptors (Lipinski definition) is 8. The summed E-state index contributed by atoms with van der Waals surface area (Å²) in [7, 11) is 3.06. The van der Waals surface area contributed by atoms with Gasteiger partial charge in [-0.3, -0.25) is 0 Å². The van der Waals surface area contributed by atoms with E-state index in [1.54, 1.807) is 50.2 Å². The summed E-state index contributed by atoms with van der Waals surface area (Å²) in [5.41, 5.74) is 0. The van der Waals surface area contributed by atoms with Gasteiger partial charge in [0.1, 0.15) is 0 Å². The van der Waals surface area contributed by atoms with Crippen LogP contribution in [0.2, 0.25) is 0 Å². The average Bonchev–Trinajstić information content (AvgIpc) is 2.86. The van der Waals surface area contributed by atoms with Gasteiger partial charge in [0.2, 0.25) is 12.6 Å². The van der Waals surface area contributed by atoms with Gasteiger partial charge in [-0.15, -0.1) is 0 Å². The van der Waals surface area contributed by atoms with Crippen molar-refractivity contribution in [2.24, 2.45) is 0 Å². The second kappa shape index (κ2) is 12.9. The molecule has 1 aliphatic rings. The number of piperazine rings is 1. The Morgan fingerprint density at radius 1 is 0.694 bits per heavy atom. The molecule has 0 saturated carbocycles. The monoisotopic (exact) mass is 630 g/mol. The van der Waals surface area contributed by atoms with Crippen LogP contribution in [0, 0.1) is 0 Å². The Hall–Kier alpha value is -2.86. The highest BCUT2D eigenvalue weighted by molar-refractivity contribution is 9.10. The molecular weight excluding hydrogens is 604 g/mol. The molecule has 1 heterocycles. The molecule has 0 radical (unpaired) electrons. The lowest BCUT2D eigenvalue weighted by Crippen LogP contribution is -2.51. The highest BCUT2D eigenvalue weighted by Gasteiger charge is 2.28. The SMILES string of the molecule is COc1cc(Br)ccc1O[C@@H](C)OC(=O)N1CCN(C(=O)O[C@H](C)Oc2ccc(Br)cc2OC)CC1. The summed E-state index contributed by atoms with van der Waals surface area (Å²) < 4.78 is 34.5. The Morgan fingerprint density at radius 3 is 1.39 bits per heavy atom. The average molecular weight is 632 g/mol. The van der Waals surface area contributed by atoms with Crippen molar-refractivity contribution in [2.75, 3.05) is 40.4 Å². The maximum absolute atomic E-state index is 12.6. The predicted molar refractivity (Wildman–Crippen MR) is 138 cm³/mol. The first-order valence-corrected chi connectivity index (χ1v) is 12.7. The minimum Gasteiger partial charge on any atom is -0.493 e. The van der Waals surface area contributed by atoms with Gasteiger partial charge in [-0.25, -0.2) is 9.59 Å². The third-order valence-corrected chi connectivity index (χ3v) is 6.15. The van der Waals surface area contributed by atoms with Gasteiger partial charge in [-0.1, -0.05) is 31.9 Å². The molecular formula is C24H28Br2N2O8. The molecule has 0 aromatic heterocycles. The summed E-state index contributed by atoms with van der Waals surface area (Å²) in [5.74, 6) is 1.92. The van der Waals surface area contributed by atoms with Crippen LogP contribution in [-0.2, 0) is 9.47 Å². The third kappa shape index (κ3) is 7.57. The zero-order valence-electron chi connectivity index (χ0n) is 20.4. The Kier molecular flexibility index (Phi) is 9.94. The first-order valence-electron chi connectivity index (χ1n) is 11.1. The van der Waals surface area contributed by atoms with Crippen molar-refractivity contribution in [3.8, 4) is 23.0 Å². The molecule has 2 aromatic carbocycles. The normalized spacial score (nSPS) is 14.9. The number of rotatable bonds is 8. The van der Waals surface area contributed by atoms with Crippen molar-refractivity contribution in [1.29, 1.82) is 0 Å². The summed E-state index contributed by atoms with van der Waals surface area (Å²) in [6, 6.07) is 10.5. The van der Waals surface area contributed by atoms with E-state index in [9.17, 15) is 9.59 Å². The van der Waals surface area contributed by atoms with Crippen LogP contribution in [0.1, 0.15) is 13.8 Å². The van der Waals surface area contributed by atoms with Gasteiger partial charge in [0.15, 0.2) is 23.0 Å². The number of amides is 2. The van der Waals surface area contributed by atoms with E-state index in [4.69, 9.17) is 28.4 Å². The third-order valence-electron chi connectivity index (χ3n) is 5.17. The minimum atomic E-state index is -0.843. The van der Waals surface area contributed by atoms with Gasteiger partial charge in [-0.2, -0.15) is 0 Å². The fourth-order valence-corrected chi connectivity index (χ4v) is 4.07. The second-order valence-corrected chi connectivity index (χ2v) is 9.53. The van der Waals surface area contributed by atoms with Crippen molar-refractivity contribution in [1.82, 2.24) is 9.80 Å². The lowest BCUT2D eigenvalue weighted by atomic mass is 10.3. The molecule has 1 fully saturated rings. The lowest BCUT2D eigenvalue weighted by molar-refractivity contribution is -0.0488. The van der Waals surface area contributed by atoms with Crippen molar-refractivity contribution < 1.29 is 38.0 Å². The first-order chi connectivity index (χ1) is 17.2. The molecule has 2 amide bonds. The maximum Gasteiger partial charge on any atom is 0.412 e. The number of halogens is 2. The zero-order chi connectivity index (χ0) is 26.2. The van der Waals surface area contributed by atoms with E-state index in [1.807, 2.05) is 0 Å². The summed E-state index contributed by atoms with van der Waals surface area (Å²) in [6.07, 6.45) is -2.76. The smallest absolute Gasteiger partial charge is 0.412 e. The van der Waals surface area contributed by atoms with Crippen LogP contribution in [0.5, 0.6) is 23.0 Å². The number of methoxy groups -OCH3 is 2. The van der Waals surface area contributed by atoms with Gasteiger partial charge < -0.3 is 38.2 Å². The minimum absolute atomic E-state index is 0.290. The van der Waals surface area contributed by atoms with Gasteiger partial charge in [-0.05, 0) is 36.4 Å². The largest absolute Gasteiger partial charge is 0.493 e. The van der Waals surface area contributed by atoms with Crippen molar-refractivity contribution >= 4 is 44.0 Å². The van der Waals surface area contributed by atoms with E-state index in [-0.39, 0.29) is 26.2 Å². The molecule has 1 aliphatic heterocycles. The summed E-state index contributed by atoms with van der Waals surface area (Å²) in [4.78, 5) is 28.1. The molecule has 2 aromatic rings. The number of nitrogens with zero attached hydrogens (tertiary/aromatic N) is 2. The highest BCUT2D eigenvalue weighted by atomic mass is 79.9. The lowest BCUT2D eigenvalue weighted by Gasteiger charge is -2.34. The van der Waals surface area contributed by atoms with Crippen molar-refractivity contribution in [2.45, 2.75) is 26.4 Å². The molecule has 0 aliphatic carbocycles. The number of carbonyl (C=O) groups is 2.